The van der Waals surface area contributed by atoms with Crippen molar-refractivity contribution in [1.29, 1.82) is 0 Å². The molecule has 1 amide bonds. The van der Waals surface area contributed by atoms with Crippen LogP contribution in [0.1, 0.15) is 33.3 Å². The quantitative estimate of drug-likeness (QED) is 0.690. The van der Waals surface area contributed by atoms with Crippen LogP contribution in [0.4, 0.5) is 9.52 Å². The van der Waals surface area contributed by atoms with Gasteiger partial charge in [0.25, 0.3) is 5.91 Å². The van der Waals surface area contributed by atoms with Crippen LogP contribution in [0.2, 0.25) is 0 Å². The highest BCUT2D eigenvalue weighted by Crippen LogP contribution is 2.27. The molecule has 4 nitrogen and oxygen atoms in total. The SMILES string of the molecule is CC(Oc1ccc(C(C)(C)C)cc1)C(=O)Nc1nc2ccc(F)cc2s1. The largest absolute Gasteiger partial charge is 0.481 e. The fraction of sp³-hybridized carbons (Fsp3) is 0.300. The molecule has 0 saturated heterocycles. The van der Waals surface area contributed by atoms with Gasteiger partial charge in [0.1, 0.15) is 11.6 Å². The first-order chi connectivity index (χ1) is 12.2. The lowest BCUT2D eigenvalue weighted by atomic mass is 9.87. The number of anilines is 1. The van der Waals surface area contributed by atoms with Crippen LogP contribution in [0, 0.1) is 5.82 Å². The van der Waals surface area contributed by atoms with Crippen molar-refractivity contribution in [3.63, 3.8) is 0 Å². The van der Waals surface area contributed by atoms with E-state index >= 15 is 0 Å². The molecule has 0 fully saturated rings. The van der Waals surface area contributed by atoms with E-state index in [9.17, 15) is 9.18 Å². The number of hydrogen-bond donors (Lipinski definition) is 1. The van der Waals surface area contributed by atoms with E-state index in [1.54, 1.807) is 13.0 Å². The Hall–Kier alpha value is -2.47. The smallest absolute Gasteiger partial charge is 0.266 e. The van der Waals surface area contributed by atoms with Crippen LogP contribution in [0.3, 0.4) is 0 Å². The van der Waals surface area contributed by atoms with Gasteiger partial charge < -0.3 is 4.74 Å². The molecule has 1 heterocycles. The van der Waals surface area contributed by atoms with Crippen molar-refractivity contribution in [2.45, 2.75) is 39.2 Å². The normalized spacial score (nSPS) is 12.8. The van der Waals surface area contributed by atoms with E-state index in [1.807, 2.05) is 24.3 Å². The van der Waals surface area contributed by atoms with Crippen molar-refractivity contribution in [2.75, 3.05) is 5.32 Å². The predicted molar refractivity (Wildman–Crippen MR) is 103 cm³/mol. The molecule has 1 atom stereocenters. The Balaban J connectivity index is 1.65. The van der Waals surface area contributed by atoms with Gasteiger partial charge in [0.05, 0.1) is 10.2 Å². The topological polar surface area (TPSA) is 51.2 Å². The molecule has 1 unspecified atom stereocenters. The van der Waals surface area contributed by atoms with Gasteiger partial charge in [-0.15, -0.1) is 0 Å². The first-order valence-corrected chi connectivity index (χ1v) is 9.18. The molecule has 136 valence electrons. The number of carbonyl (C=O) groups is 1. The van der Waals surface area contributed by atoms with Crippen LogP contribution in [-0.4, -0.2) is 17.0 Å². The molecule has 1 aromatic heterocycles. The van der Waals surface area contributed by atoms with Crippen LogP contribution in [0.25, 0.3) is 10.2 Å². The average Bonchev–Trinajstić information content (AvgIpc) is 2.95. The van der Waals surface area contributed by atoms with Crippen LogP contribution in [-0.2, 0) is 10.2 Å². The minimum atomic E-state index is -0.681. The Morgan fingerprint density at radius 3 is 2.54 bits per heavy atom. The van der Waals surface area contributed by atoms with E-state index in [1.165, 1.54) is 29.0 Å². The number of amides is 1. The lowest BCUT2D eigenvalue weighted by Gasteiger charge is -2.20. The number of carbonyl (C=O) groups excluding carboxylic acids is 1. The summed E-state index contributed by atoms with van der Waals surface area (Å²) in [7, 11) is 0. The molecule has 0 saturated carbocycles. The summed E-state index contributed by atoms with van der Waals surface area (Å²) in [5.74, 6) is 0.00544. The van der Waals surface area contributed by atoms with Crippen LogP contribution in [0.5, 0.6) is 5.75 Å². The molecule has 0 aliphatic heterocycles. The monoisotopic (exact) mass is 372 g/mol. The molecule has 0 radical (unpaired) electrons. The molecule has 3 rings (SSSR count). The number of halogens is 1. The average molecular weight is 372 g/mol. The van der Waals surface area contributed by atoms with E-state index in [0.717, 1.165) is 0 Å². The van der Waals surface area contributed by atoms with Gasteiger partial charge in [-0.05, 0) is 48.2 Å². The van der Waals surface area contributed by atoms with Crippen molar-refractivity contribution in [3.05, 3.63) is 53.8 Å². The minimum absolute atomic E-state index is 0.0633. The highest BCUT2D eigenvalue weighted by Gasteiger charge is 2.18. The Labute approximate surface area is 156 Å². The van der Waals surface area contributed by atoms with E-state index in [0.29, 0.717) is 21.1 Å². The van der Waals surface area contributed by atoms with Crippen molar-refractivity contribution in [3.8, 4) is 5.75 Å². The lowest BCUT2D eigenvalue weighted by molar-refractivity contribution is -0.122. The zero-order valence-corrected chi connectivity index (χ0v) is 16.0. The molecule has 1 N–H and O–H groups in total. The van der Waals surface area contributed by atoms with Crippen LogP contribution in [0.15, 0.2) is 42.5 Å². The molecule has 0 aliphatic rings. The minimum Gasteiger partial charge on any atom is -0.481 e. The molecule has 2 aromatic carbocycles. The number of hydrogen-bond acceptors (Lipinski definition) is 4. The van der Waals surface area contributed by atoms with E-state index in [4.69, 9.17) is 4.74 Å². The summed E-state index contributed by atoms with van der Waals surface area (Å²) < 4.78 is 19.7. The van der Waals surface area contributed by atoms with Gasteiger partial charge in [-0.2, -0.15) is 0 Å². The number of ether oxygens (including phenoxy) is 1. The zero-order chi connectivity index (χ0) is 18.9. The summed E-state index contributed by atoms with van der Waals surface area (Å²) in [6.45, 7) is 8.11. The van der Waals surface area contributed by atoms with Crippen molar-refractivity contribution in [2.24, 2.45) is 0 Å². The number of aromatic nitrogens is 1. The second-order valence-electron chi connectivity index (χ2n) is 7.15. The fourth-order valence-corrected chi connectivity index (χ4v) is 3.34. The highest BCUT2D eigenvalue weighted by molar-refractivity contribution is 7.22. The van der Waals surface area contributed by atoms with Gasteiger partial charge >= 0.3 is 0 Å². The molecule has 0 spiro atoms. The van der Waals surface area contributed by atoms with Crippen LogP contribution < -0.4 is 10.1 Å². The van der Waals surface area contributed by atoms with Crippen molar-refractivity contribution >= 4 is 32.6 Å². The third-order valence-electron chi connectivity index (χ3n) is 3.98. The summed E-state index contributed by atoms with van der Waals surface area (Å²) in [6, 6.07) is 12.1. The summed E-state index contributed by atoms with van der Waals surface area (Å²) in [6.07, 6.45) is -0.681. The number of rotatable bonds is 4. The maximum atomic E-state index is 13.3. The molecule has 26 heavy (non-hydrogen) atoms. The molecule has 6 heteroatoms. The standard InChI is InChI=1S/C20H21FN2O2S/c1-12(25-15-8-5-13(6-9-15)20(2,3)4)18(24)23-19-22-16-10-7-14(21)11-17(16)26-19/h5-12H,1-4H3,(H,22,23,24). The summed E-state index contributed by atoms with van der Waals surface area (Å²) in [5.41, 5.74) is 1.91. The van der Waals surface area contributed by atoms with Gasteiger partial charge in [0.2, 0.25) is 0 Å². The van der Waals surface area contributed by atoms with Gasteiger partial charge in [-0.1, -0.05) is 44.2 Å². The van der Waals surface area contributed by atoms with E-state index in [-0.39, 0.29) is 17.1 Å². The van der Waals surface area contributed by atoms with Crippen LogP contribution >= 0.6 is 11.3 Å². The first-order valence-electron chi connectivity index (χ1n) is 8.36. The Morgan fingerprint density at radius 2 is 1.88 bits per heavy atom. The number of nitrogens with zero attached hydrogens (tertiary/aromatic N) is 1. The number of benzene rings is 2. The number of nitrogens with one attached hydrogen (secondary N) is 1. The van der Waals surface area contributed by atoms with Gasteiger partial charge in [-0.25, -0.2) is 9.37 Å². The van der Waals surface area contributed by atoms with Crippen molar-refractivity contribution in [1.82, 2.24) is 4.98 Å². The van der Waals surface area contributed by atoms with Gasteiger partial charge in [0.15, 0.2) is 11.2 Å². The molecule has 0 bridgehead atoms. The molecule has 3 aromatic rings. The third kappa shape index (κ3) is 4.19. The maximum Gasteiger partial charge on any atom is 0.266 e. The Bertz CT molecular complexity index is 929. The van der Waals surface area contributed by atoms with E-state index < -0.39 is 6.10 Å². The summed E-state index contributed by atoms with van der Waals surface area (Å²) in [5, 5.41) is 3.15. The molecular formula is C20H21FN2O2S. The predicted octanol–water partition coefficient (Wildman–Crippen LogP) is 5.14. The molecular weight excluding hydrogens is 351 g/mol. The number of thiazole rings is 1. The number of fused-ring (bicyclic) bond motifs is 1. The third-order valence-corrected chi connectivity index (χ3v) is 4.92. The Morgan fingerprint density at radius 1 is 1.19 bits per heavy atom. The van der Waals surface area contributed by atoms with E-state index in [2.05, 4.69) is 31.1 Å². The van der Waals surface area contributed by atoms with Gasteiger partial charge in [-0.3, -0.25) is 10.1 Å². The molecule has 0 aliphatic carbocycles. The Kier molecular flexibility index (Phi) is 4.96. The zero-order valence-electron chi connectivity index (χ0n) is 15.2. The summed E-state index contributed by atoms with van der Waals surface area (Å²) >= 11 is 1.23. The lowest BCUT2D eigenvalue weighted by Crippen LogP contribution is -2.30. The summed E-state index contributed by atoms with van der Waals surface area (Å²) in [4.78, 5) is 16.6. The second-order valence-corrected chi connectivity index (χ2v) is 8.19. The first kappa shape index (κ1) is 18.3. The van der Waals surface area contributed by atoms with Gasteiger partial charge in [0, 0.05) is 0 Å². The second kappa shape index (κ2) is 7.03. The maximum absolute atomic E-state index is 13.3. The fourth-order valence-electron chi connectivity index (χ4n) is 2.45. The highest BCUT2D eigenvalue weighted by atomic mass is 32.1. The van der Waals surface area contributed by atoms with Crippen molar-refractivity contribution < 1.29 is 13.9 Å².